The topological polar surface area (TPSA) is 127 Å². The number of ketones is 1. The van der Waals surface area contributed by atoms with Crippen LogP contribution in [0, 0.1) is 0 Å². The number of rotatable bonds is 12. The first-order valence-corrected chi connectivity index (χ1v) is 9.61. The number of benzene rings is 1. The summed E-state index contributed by atoms with van der Waals surface area (Å²) in [6.45, 7) is 1.31. The number of aliphatic carboxylic acids is 1. The standard InChI is InChI=1S/C20H25F3N2O6/c1-2-31-18(29)15(12-16(26)13-8-4-3-5-9-13)25(19(30)20(21,22)23)14(17(27)28)10-6-7-11-24/h3-5,8-9,14-15H,2,6-7,10-12,24H2,1H3,(H,27,28)/t14-,15?/m0/s1. The number of amides is 1. The Morgan fingerprint density at radius 3 is 2.19 bits per heavy atom. The summed E-state index contributed by atoms with van der Waals surface area (Å²) in [6.07, 6.45) is -6.33. The molecule has 0 spiro atoms. The number of unbranched alkanes of at least 4 members (excludes halogenated alkanes) is 1. The van der Waals surface area contributed by atoms with Crippen LogP contribution in [0.15, 0.2) is 30.3 Å². The van der Waals surface area contributed by atoms with Gasteiger partial charge in [-0.1, -0.05) is 30.3 Å². The highest BCUT2D eigenvalue weighted by Crippen LogP contribution is 2.26. The van der Waals surface area contributed by atoms with Gasteiger partial charge in [-0.2, -0.15) is 13.2 Å². The second-order valence-electron chi connectivity index (χ2n) is 6.61. The molecule has 1 rings (SSSR count). The van der Waals surface area contributed by atoms with Crippen molar-refractivity contribution in [1.29, 1.82) is 0 Å². The number of nitrogens with two attached hydrogens (primary N) is 1. The van der Waals surface area contributed by atoms with Crippen molar-refractivity contribution in [2.45, 2.75) is 50.9 Å². The van der Waals surface area contributed by atoms with Crippen molar-refractivity contribution in [2.75, 3.05) is 13.2 Å². The highest BCUT2D eigenvalue weighted by atomic mass is 19.4. The predicted octanol–water partition coefficient (Wildman–Crippen LogP) is 2.16. The lowest BCUT2D eigenvalue weighted by molar-refractivity contribution is -0.195. The molecule has 8 nitrogen and oxygen atoms in total. The van der Waals surface area contributed by atoms with E-state index in [0.717, 1.165) is 0 Å². The van der Waals surface area contributed by atoms with Gasteiger partial charge in [0, 0.05) is 12.0 Å². The van der Waals surface area contributed by atoms with Crippen LogP contribution >= 0.6 is 0 Å². The van der Waals surface area contributed by atoms with Crippen LogP contribution in [-0.2, 0) is 19.1 Å². The lowest BCUT2D eigenvalue weighted by Gasteiger charge is -2.35. The van der Waals surface area contributed by atoms with Crippen molar-refractivity contribution >= 4 is 23.6 Å². The van der Waals surface area contributed by atoms with Gasteiger partial charge in [0.1, 0.15) is 12.1 Å². The number of carboxylic acids is 1. The third-order valence-corrected chi connectivity index (χ3v) is 4.40. The average molecular weight is 446 g/mol. The Bertz CT molecular complexity index is 770. The first kappa shape index (κ1) is 26.1. The highest BCUT2D eigenvalue weighted by Gasteiger charge is 2.51. The van der Waals surface area contributed by atoms with Crippen LogP contribution in [0.3, 0.4) is 0 Å². The fraction of sp³-hybridized carbons (Fsp3) is 0.500. The number of hydrogen-bond donors (Lipinski definition) is 2. The van der Waals surface area contributed by atoms with E-state index in [4.69, 9.17) is 10.5 Å². The van der Waals surface area contributed by atoms with Gasteiger partial charge in [0.2, 0.25) is 0 Å². The number of alkyl halides is 3. The molecule has 172 valence electrons. The van der Waals surface area contributed by atoms with E-state index < -0.39 is 48.3 Å². The van der Waals surface area contributed by atoms with E-state index in [1.54, 1.807) is 6.07 Å². The molecule has 1 amide bonds. The second kappa shape index (κ2) is 12.0. The molecule has 31 heavy (non-hydrogen) atoms. The first-order valence-electron chi connectivity index (χ1n) is 9.61. The molecule has 0 aromatic heterocycles. The normalized spacial score (nSPS) is 13.2. The van der Waals surface area contributed by atoms with Crippen molar-refractivity contribution in [3.05, 3.63) is 35.9 Å². The van der Waals surface area contributed by atoms with Gasteiger partial charge in [0.15, 0.2) is 5.78 Å². The molecule has 0 radical (unpaired) electrons. The van der Waals surface area contributed by atoms with E-state index in [1.807, 2.05) is 0 Å². The maximum atomic E-state index is 13.3. The Morgan fingerprint density at radius 2 is 1.71 bits per heavy atom. The lowest BCUT2D eigenvalue weighted by Crippen LogP contribution is -2.58. The molecule has 0 saturated heterocycles. The predicted molar refractivity (Wildman–Crippen MR) is 103 cm³/mol. The van der Waals surface area contributed by atoms with Gasteiger partial charge in [0.05, 0.1) is 6.61 Å². The van der Waals surface area contributed by atoms with E-state index in [-0.39, 0.29) is 36.5 Å². The molecule has 2 atom stereocenters. The number of nitrogens with zero attached hydrogens (tertiary/aromatic N) is 1. The van der Waals surface area contributed by atoms with Crippen LogP contribution in [0.25, 0.3) is 0 Å². The number of hydrogen-bond acceptors (Lipinski definition) is 6. The number of carbonyl (C=O) groups excluding carboxylic acids is 3. The maximum Gasteiger partial charge on any atom is 0.471 e. The summed E-state index contributed by atoms with van der Waals surface area (Å²) in [4.78, 5) is 49.0. The van der Waals surface area contributed by atoms with E-state index in [1.165, 1.54) is 31.2 Å². The summed E-state index contributed by atoms with van der Waals surface area (Å²) in [5.74, 6) is -6.32. The summed E-state index contributed by atoms with van der Waals surface area (Å²) < 4.78 is 44.8. The number of ether oxygens (including phenoxy) is 1. The van der Waals surface area contributed by atoms with Crippen LogP contribution in [0.5, 0.6) is 0 Å². The van der Waals surface area contributed by atoms with Crippen molar-refractivity contribution in [3.8, 4) is 0 Å². The molecule has 0 aliphatic heterocycles. The zero-order chi connectivity index (χ0) is 23.6. The molecule has 11 heteroatoms. The summed E-state index contributed by atoms with van der Waals surface area (Å²) in [6, 6.07) is 3.33. The summed E-state index contributed by atoms with van der Waals surface area (Å²) in [5.41, 5.74) is 5.44. The van der Waals surface area contributed by atoms with Gasteiger partial charge in [-0.25, -0.2) is 9.59 Å². The number of halogens is 3. The number of carbonyl (C=O) groups is 4. The van der Waals surface area contributed by atoms with E-state index in [2.05, 4.69) is 0 Å². The van der Waals surface area contributed by atoms with Gasteiger partial charge >= 0.3 is 24.0 Å². The van der Waals surface area contributed by atoms with Crippen LogP contribution in [-0.4, -0.2) is 65.0 Å². The maximum absolute atomic E-state index is 13.3. The summed E-state index contributed by atoms with van der Waals surface area (Å²) in [7, 11) is 0. The second-order valence-corrected chi connectivity index (χ2v) is 6.61. The van der Waals surface area contributed by atoms with Crippen molar-refractivity contribution in [1.82, 2.24) is 4.90 Å². The van der Waals surface area contributed by atoms with Crippen LogP contribution in [0.4, 0.5) is 13.2 Å². The first-order chi connectivity index (χ1) is 14.5. The van der Waals surface area contributed by atoms with Gasteiger partial charge in [-0.05, 0) is 32.7 Å². The lowest BCUT2D eigenvalue weighted by atomic mass is 9.99. The van der Waals surface area contributed by atoms with Gasteiger partial charge in [-0.15, -0.1) is 0 Å². The SMILES string of the molecule is CCOC(=O)C(CC(=O)c1ccccc1)N(C(=O)C(F)(F)F)[C@@H](CCCCN)C(=O)O. The molecular formula is C20H25F3N2O6. The zero-order valence-corrected chi connectivity index (χ0v) is 16.9. The Labute approximate surface area is 177 Å². The molecule has 0 aliphatic carbocycles. The molecule has 0 saturated carbocycles. The minimum atomic E-state index is -5.47. The molecule has 0 aliphatic rings. The smallest absolute Gasteiger partial charge is 0.471 e. The molecule has 3 N–H and O–H groups in total. The molecule has 1 unspecified atom stereocenters. The van der Waals surface area contributed by atoms with E-state index >= 15 is 0 Å². The van der Waals surface area contributed by atoms with Crippen LogP contribution in [0.1, 0.15) is 43.0 Å². The number of Topliss-reactive ketones (excluding diaryl/α,β-unsaturated/α-hetero) is 1. The summed E-state index contributed by atoms with van der Waals surface area (Å²) in [5, 5.41) is 9.54. The Morgan fingerprint density at radius 1 is 1.10 bits per heavy atom. The Balaban J connectivity index is 3.43. The van der Waals surface area contributed by atoms with Crippen LogP contribution < -0.4 is 5.73 Å². The Kier molecular flexibility index (Phi) is 10.1. The monoisotopic (exact) mass is 446 g/mol. The van der Waals surface area contributed by atoms with E-state index in [0.29, 0.717) is 6.42 Å². The van der Waals surface area contributed by atoms with Crippen molar-refractivity contribution in [2.24, 2.45) is 5.73 Å². The summed E-state index contributed by atoms with van der Waals surface area (Å²) >= 11 is 0. The Hall–Kier alpha value is -2.95. The number of carboxylic acid groups (broad SMARTS) is 1. The quantitative estimate of drug-likeness (QED) is 0.286. The van der Waals surface area contributed by atoms with Gasteiger partial charge in [-0.3, -0.25) is 9.59 Å². The van der Waals surface area contributed by atoms with Crippen molar-refractivity contribution < 1.29 is 42.2 Å². The fourth-order valence-corrected chi connectivity index (χ4v) is 2.96. The minimum Gasteiger partial charge on any atom is -0.480 e. The van der Waals surface area contributed by atoms with Crippen molar-refractivity contribution in [3.63, 3.8) is 0 Å². The third-order valence-electron chi connectivity index (χ3n) is 4.40. The van der Waals surface area contributed by atoms with Crippen LogP contribution in [0.2, 0.25) is 0 Å². The fourth-order valence-electron chi connectivity index (χ4n) is 2.96. The van der Waals surface area contributed by atoms with Gasteiger partial charge < -0.3 is 20.5 Å². The molecule has 0 bridgehead atoms. The minimum absolute atomic E-state index is 0.0856. The zero-order valence-electron chi connectivity index (χ0n) is 16.9. The highest BCUT2D eigenvalue weighted by molar-refractivity contribution is 6.00. The third kappa shape index (κ3) is 7.67. The molecule has 1 aromatic carbocycles. The average Bonchev–Trinajstić information content (AvgIpc) is 2.71. The molecule has 1 aromatic rings. The number of esters is 1. The molecule has 0 fully saturated rings. The molecular weight excluding hydrogens is 421 g/mol. The van der Waals surface area contributed by atoms with E-state index in [9.17, 15) is 37.5 Å². The van der Waals surface area contributed by atoms with Gasteiger partial charge in [0.25, 0.3) is 0 Å². The largest absolute Gasteiger partial charge is 0.480 e. The molecule has 0 heterocycles.